The van der Waals surface area contributed by atoms with E-state index in [4.69, 9.17) is 0 Å². The summed E-state index contributed by atoms with van der Waals surface area (Å²) in [7, 11) is -1.12. The van der Waals surface area contributed by atoms with Crippen molar-refractivity contribution in [3.05, 3.63) is 12.2 Å². The first-order valence-electron chi connectivity index (χ1n) is 3.56. The summed E-state index contributed by atoms with van der Waals surface area (Å²) in [5.74, 6) is 0. The van der Waals surface area contributed by atoms with Crippen molar-refractivity contribution < 1.29 is 4.21 Å². The summed E-state index contributed by atoms with van der Waals surface area (Å²) in [4.78, 5) is 0. The minimum Gasteiger partial charge on any atom is -0.234 e. The van der Waals surface area contributed by atoms with Crippen LogP contribution in [-0.4, -0.2) is 15.2 Å². The van der Waals surface area contributed by atoms with E-state index >= 15 is 0 Å². The average molecular weight is 173 g/mol. The van der Waals surface area contributed by atoms with Crippen molar-refractivity contribution in [2.24, 2.45) is 4.40 Å². The van der Waals surface area contributed by atoms with E-state index in [1.54, 1.807) is 12.3 Å². The van der Waals surface area contributed by atoms with E-state index in [-0.39, 0.29) is 4.75 Å². The monoisotopic (exact) mass is 173 g/mol. The molecule has 0 aliphatic rings. The second-order valence-corrected chi connectivity index (χ2v) is 5.08. The van der Waals surface area contributed by atoms with Gasteiger partial charge in [0.25, 0.3) is 0 Å². The maximum atomic E-state index is 11.2. The van der Waals surface area contributed by atoms with E-state index in [0.29, 0.717) is 0 Å². The molecule has 11 heavy (non-hydrogen) atoms. The zero-order valence-electron chi connectivity index (χ0n) is 7.50. The first-order chi connectivity index (χ1) is 4.98. The lowest BCUT2D eigenvalue weighted by Gasteiger charge is -2.12. The van der Waals surface area contributed by atoms with E-state index in [0.717, 1.165) is 0 Å². The highest BCUT2D eigenvalue weighted by Gasteiger charge is 2.17. The van der Waals surface area contributed by atoms with Crippen molar-refractivity contribution in [2.45, 2.75) is 32.4 Å². The van der Waals surface area contributed by atoms with Crippen LogP contribution < -0.4 is 0 Å². The van der Waals surface area contributed by atoms with Gasteiger partial charge in [0.2, 0.25) is 0 Å². The molecule has 0 aromatic heterocycles. The van der Waals surface area contributed by atoms with E-state index in [9.17, 15) is 4.21 Å². The van der Waals surface area contributed by atoms with Gasteiger partial charge in [0.05, 0.1) is 4.75 Å². The molecule has 0 radical (unpaired) electrons. The quantitative estimate of drug-likeness (QED) is 0.588. The number of hydrogen-bond acceptors (Lipinski definition) is 1. The summed E-state index contributed by atoms with van der Waals surface area (Å²) in [6, 6.07) is 0. The first kappa shape index (κ1) is 10.6. The second-order valence-electron chi connectivity index (χ2n) is 3.14. The van der Waals surface area contributed by atoms with Crippen molar-refractivity contribution in [1.82, 2.24) is 0 Å². The highest BCUT2D eigenvalue weighted by molar-refractivity contribution is 7.85. The van der Waals surface area contributed by atoms with Crippen molar-refractivity contribution in [3.63, 3.8) is 0 Å². The van der Waals surface area contributed by atoms with Gasteiger partial charge >= 0.3 is 0 Å². The molecule has 0 N–H and O–H groups in total. The Morgan fingerprint density at radius 2 is 1.91 bits per heavy atom. The molecule has 64 valence electrons. The maximum Gasteiger partial charge on any atom is 0.144 e. The lowest BCUT2D eigenvalue weighted by atomic mass is 10.3. The lowest BCUT2D eigenvalue weighted by Crippen LogP contribution is -2.19. The Labute approximate surface area is 71.0 Å². The van der Waals surface area contributed by atoms with Crippen LogP contribution in [0.5, 0.6) is 0 Å². The van der Waals surface area contributed by atoms with Crippen molar-refractivity contribution in [2.75, 3.05) is 0 Å². The summed E-state index contributed by atoms with van der Waals surface area (Å²) < 4.78 is 14.8. The van der Waals surface area contributed by atoms with Crippen LogP contribution in [0, 0.1) is 0 Å². The third kappa shape index (κ3) is 4.90. The largest absolute Gasteiger partial charge is 0.234 e. The Balaban J connectivity index is 4.08. The lowest BCUT2D eigenvalue weighted by molar-refractivity contribution is 0.651. The SMILES string of the molecule is C/C=C/C=N/S(=O)C(C)(C)C. The molecule has 0 aliphatic heterocycles. The molecular weight excluding hydrogens is 158 g/mol. The fourth-order valence-corrected chi connectivity index (χ4v) is 0.832. The van der Waals surface area contributed by atoms with Crippen LogP contribution in [0.4, 0.5) is 0 Å². The molecule has 0 fully saturated rings. The Kier molecular flexibility index (Phi) is 4.26. The van der Waals surface area contributed by atoms with Crippen LogP contribution in [0.1, 0.15) is 27.7 Å². The molecule has 1 unspecified atom stereocenters. The van der Waals surface area contributed by atoms with Gasteiger partial charge in [-0.25, -0.2) is 4.21 Å². The topological polar surface area (TPSA) is 29.4 Å². The van der Waals surface area contributed by atoms with Gasteiger partial charge in [-0.1, -0.05) is 6.08 Å². The highest BCUT2D eigenvalue weighted by atomic mass is 32.2. The Hall–Kier alpha value is -0.440. The summed E-state index contributed by atoms with van der Waals surface area (Å²) in [5.41, 5.74) is 0. The molecule has 0 rings (SSSR count). The van der Waals surface area contributed by atoms with Crippen LogP contribution in [0.3, 0.4) is 0 Å². The number of hydrogen-bond donors (Lipinski definition) is 0. The van der Waals surface area contributed by atoms with Crippen molar-refractivity contribution >= 4 is 17.2 Å². The maximum absolute atomic E-state index is 11.2. The zero-order chi connectivity index (χ0) is 8.91. The van der Waals surface area contributed by atoms with Crippen LogP contribution >= 0.6 is 0 Å². The van der Waals surface area contributed by atoms with Crippen molar-refractivity contribution in [3.8, 4) is 0 Å². The van der Waals surface area contributed by atoms with E-state index in [1.807, 2.05) is 33.8 Å². The Morgan fingerprint density at radius 3 is 2.27 bits per heavy atom. The van der Waals surface area contributed by atoms with Crippen LogP contribution in [0.15, 0.2) is 16.5 Å². The third-order valence-corrected chi connectivity index (χ3v) is 2.32. The fourth-order valence-electron chi connectivity index (χ4n) is 0.335. The normalized spacial score (nSPS) is 16.4. The van der Waals surface area contributed by atoms with Gasteiger partial charge in [-0.05, 0) is 33.8 Å². The summed E-state index contributed by atoms with van der Waals surface area (Å²) >= 11 is 0. The average Bonchev–Trinajstić information content (AvgIpc) is 1.86. The number of rotatable bonds is 2. The zero-order valence-corrected chi connectivity index (χ0v) is 8.31. The van der Waals surface area contributed by atoms with Gasteiger partial charge in [0.1, 0.15) is 11.0 Å². The molecule has 1 atom stereocenters. The number of allylic oxidation sites excluding steroid dienone is 2. The predicted molar refractivity (Wildman–Crippen MR) is 51.2 cm³/mol. The molecule has 0 saturated carbocycles. The fraction of sp³-hybridized carbons (Fsp3) is 0.625. The summed E-state index contributed by atoms with van der Waals surface area (Å²) in [6.45, 7) is 7.59. The molecule has 2 nitrogen and oxygen atoms in total. The molecule has 0 heterocycles. The van der Waals surface area contributed by atoms with Gasteiger partial charge in [0, 0.05) is 6.21 Å². The van der Waals surface area contributed by atoms with Gasteiger partial charge in [-0.2, -0.15) is 4.40 Å². The summed E-state index contributed by atoms with van der Waals surface area (Å²) in [6.07, 6.45) is 5.19. The molecule has 0 aromatic rings. The van der Waals surface area contributed by atoms with Crippen LogP contribution in [-0.2, 0) is 11.0 Å². The first-order valence-corrected chi connectivity index (χ1v) is 4.66. The molecule has 0 saturated heterocycles. The minimum atomic E-state index is -1.12. The third-order valence-electron chi connectivity index (χ3n) is 0.959. The molecule has 3 heteroatoms. The van der Waals surface area contributed by atoms with E-state index < -0.39 is 11.0 Å². The standard InChI is InChI=1S/C8H15NOS/c1-5-6-7-9-11(10)8(2,3)4/h5-7H,1-4H3/b6-5+,9-7+. The second kappa shape index (κ2) is 4.44. The van der Waals surface area contributed by atoms with E-state index in [1.165, 1.54) is 0 Å². The minimum absolute atomic E-state index is 0.252. The van der Waals surface area contributed by atoms with E-state index in [2.05, 4.69) is 4.40 Å². The molecule has 0 aromatic carbocycles. The molecule has 0 spiro atoms. The summed E-state index contributed by atoms with van der Waals surface area (Å²) in [5, 5.41) is 0. The Morgan fingerprint density at radius 1 is 1.36 bits per heavy atom. The van der Waals surface area contributed by atoms with Gasteiger partial charge < -0.3 is 0 Å². The molecule has 0 bridgehead atoms. The van der Waals surface area contributed by atoms with Gasteiger partial charge in [0.15, 0.2) is 0 Å². The molecular formula is C8H15NOS. The highest BCUT2D eigenvalue weighted by Crippen LogP contribution is 2.11. The van der Waals surface area contributed by atoms with Crippen molar-refractivity contribution in [1.29, 1.82) is 0 Å². The Bertz CT molecular complexity index is 189. The smallest absolute Gasteiger partial charge is 0.144 e. The molecule has 0 aliphatic carbocycles. The molecule has 0 amide bonds. The van der Waals surface area contributed by atoms with Crippen LogP contribution in [0.25, 0.3) is 0 Å². The van der Waals surface area contributed by atoms with Crippen LogP contribution in [0.2, 0.25) is 0 Å². The van der Waals surface area contributed by atoms with Gasteiger partial charge in [-0.3, -0.25) is 0 Å². The van der Waals surface area contributed by atoms with Gasteiger partial charge in [-0.15, -0.1) is 0 Å². The predicted octanol–water partition coefficient (Wildman–Crippen LogP) is 2.10. The number of nitrogens with zero attached hydrogens (tertiary/aromatic N) is 1.